The molecule has 3 amide bonds. The lowest BCUT2D eigenvalue weighted by Crippen LogP contribution is -2.30. The Morgan fingerprint density at radius 1 is 1.21 bits per heavy atom. The van der Waals surface area contributed by atoms with Gasteiger partial charge >= 0.3 is 6.03 Å². The van der Waals surface area contributed by atoms with Crippen molar-refractivity contribution < 1.29 is 14.0 Å². The average molecular weight is 327 g/mol. The maximum absolute atomic E-state index is 14.1. The van der Waals surface area contributed by atoms with Crippen molar-refractivity contribution in [1.29, 1.82) is 0 Å². The minimum atomic E-state index is -0.420. The summed E-state index contributed by atoms with van der Waals surface area (Å²) < 4.78 is 15.9. The third-order valence-corrected chi connectivity index (χ3v) is 4.14. The number of nitrogens with zero attached hydrogens (tertiary/aromatic N) is 2. The van der Waals surface area contributed by atoms with E-state index in [4.69, 9.17) is 0 Å². The van der Waals surface area contributed by atoms with Crippen LogP contribution in [0.5, 0.6) is 0 Å². The van der Waals surface area contributed by atoms with E-state index < -0.39 is 6.03 Å². The number of aromatic nitrogens is 1. The normalized spacial score (nSPS) is 16.2. The number of aryl methyl sites for hydroxylation is 1. The number of imide groups is 1. The van der Waals surface area contributed by atoms with Crippen LogP contribution >= 0.6 is 0 Å². The van der Waals surface area contributed by atoms with E-state index in [-0.39, 0.29) is 17.4 Å². The fourth-order valence-electron chi connectivity index (χ4n) is 2.95. The van der Waals surface area contributed by atoms with Crippen LogP contribution in [0.3, 0.4) is 0 Å². The second-order valence-electron chi connectivity index (χ2n) is 5.65. The first-order valence-electron chi connectivity index (χ1n) is 7.72. The number of nitrogens with one attached hydrogen (secondary N) is 1. The summed E-state index contributed by atoms with van der Waals surface area (Å²) in [6, 6.07) is 7.97. The van der Waals surface area contributed by atoms with Crippen molar-refractivity contribution in [2.45, 2.75) is 20.8 Å². The standard InChI is InChI=1S/C18H18FN3O2/c1-4-21-17(23)15(20-18(21)24)10-13-9-11(2)22(12(13)3)16-8-6-5-7-14(16)19/h5-10H,4H2,1-3H3,(H,20,24)/b15-10+. The summed E-state index contributed by atoms with van der Waals surface area (Å²) in [7, 11) is 0. The van der Waals surface area contributed by atoms with Crippen LogP contribution < -0.4 is 5.32 Å². The molecule has 0 unspecified atom stereocenters. The van der Waals surface area contributed by atoms with E-state index in [1.165, 1.54) is 6.07 Å². The highest BCUT2D eigenvalue weighted by Gasteiger charge is 2.32. The van der Waals surface area contributed by atoms with Gasteiger partial charge in [0.1, 0.15) is 11.5 Å². The second-order valence-corrected chi connectivity index (χ2v) is 5.65. The van der Waals surface area contributed by atoms with Crippen LogP contribution in [0.2, 0.25) is 0 Å². The zero-order valence-corrected chi connectivity index (χ0v) is 13.8. The molecule has 124 valence electrons. The quantitative estimate of drug-likeness (QED) is 0.695. The first kappa shape index (κ1) is 16.0. The molecule has 0 radical (unpaired) electrons. The SMILES string of the molecule is CCN1C(=O)N/C(=C/c2cc(C)n(-c3ccccc3F)c2C)C1=O. The van der Waals surface area contributed by atoms with Gasteiger partial charge in [-0.3, -0.25) is 9.69 Å². The number of carbonyl (C=O) groups is 2. The molecular formula is C18H18FN3O2. The fourth-order valence-corrected chi connectivity index (χ4v) is 2.95. The smallest absolute Gasteiger partial charge is 0.315 e. The van der Waals surface area contributed by atoms with Crippen LogP contribution in [0.4, 0.5) is 9.18 Å². The van der Waals surface area contributed by atoms with Crippen molar-refractivity contribution in [3.8, 4) is 5.69 Å². The van der Waals surface area contributed by atoms with E-state index in [0.717, 1.165) is 21.9 Å². The van der Waals surface area contributed by atoms with Crippen molar-refractivity contribution >= 4 is 18.0 Å². The van der Waals surface area contributed by atoms with Gasteiger partial charge in [-0.25, -0.2) is 9.18 Å². The summed E-state index contributed by atoms with van der Waals surface area (Å²) in [6.07, 6.45) is 1.63. The number of urea groups is 1. The molecule has 1 aliphatic rings. The highest BCUT2D eigenvalue weighted by atomic mass is 19.1. The number of amides is 3. The Balaban J connectivity index is 2.05. The van der Waals surface area contributed by atoms with Crippen LogP contribution in [0.1, 0.15) is 23.9 Å². The number of para-hydroxylation sites is 1. The third kappa shape index (κ3) is 2.50. The summed E-state index contributed by atoms with van der Waals surface area (Å²) in [5, 5.41) is 2.58. The van der Waals surface area contributed by atoms with Gasteiger partial charge in [0.15, 0.2) is 0 Å². The summed E-state index contributed by atoms with van der Waals surface area (Å²) in [6.45, 7) is 5.78. The molecule has 6 heteroatoms. The second kappa shape index (κ2) is 5.96. The number of likely N-dealkylation sites (N-methyl/N-ethyl adjacent to an activating group) is 1. The van der Waals surface area contributed by atoms with E-state index in [9.17, 15) is 14.0 Å². The molecule has 2 heterocycles. The lowest BCUT2D eigenvalue weighted by molar-refractivity contribution is -0.122. The number of hydrogen-bond donors (Lipinski definition) is 1. The highest BCUT2D eigenvalue weighted by Crippen LogP contribution is 2.25. The molecule has 1 aliphatic heterocycles. The highest BCUT2D eigenvalue weighted by molar-refractivity contribution is 6.14. The minimum Gasteiger partial charge on any atom is -0.315 e. The molecule has 24 heavy (non-hydrogen) atoms. The van der Waals surface area contributed by atoms with E-state index in [0.29, 0.717) is 12.2 Å². The maximum atomic E-state index is 14.1. The molecule has 0 atom stereocenters. The molecule has 0 aliphatic carbocycles. The van der Waals surface area contributed by atoms with Gasteiger partial charge in [0.25, 0.3) is 5.91 Å². The third-order valence-electron chi connectivity index (χ3n) is 4.14. The van der Waals surface area contributed by atoms with Crippen LogP contribution in [0.25, 0.3) is 11.8 Å². The Morgan fingerprint density at radius 3 is 2.54 bits per heavy atom. The first-order valence-corrected chi connectivity index (χ1v) is 7.72. The van der Waals surface area contributed by atoms with Crippen molar-refractivity contribution in [3.63, 3.8) is 0 Å². The Hall–Kier alpha value is -2.89. The summed E-state index contributed by atoms with van der Waals surface area (Å²) in [5.74, 6) is -0.667. The van der Waals surface area contributed by atoms with Gasteiger partial charge in [-0.05, 0) is 50.6 Å². The molecular weight excluding hydrogens is 309 g/mol. The van der Waals surface area contributed by atoms with Gasteiger partial charge in [0.2, 0.25) is 0 Å². The maximum Gasteiger partial charge on any atom is 0.328 e. The van der Waals surface area contributed by atoms with E-state index >= 15 is 0 Å². The van der Waals surface area contributed by atoms with Crippen LogP contribution in [-0.2, 0) is 4.79 Å². The van der Waals surface area contributed by atoms with Crippen molar-refractivity contribution in [2.75, 3.05) is 6.54 Å². The Bertz CT molecular complexity index is 867. The molecule has 5 nitrogen and oxygen atoms in total. The van der Waals surface area contributed by atoms with Crippen LogP contribution in [0, 0.1) is 19.7 Å². The molecule has 1 saturated heterocycles. The minimum absolute atomic E-state index is 0.232. The molecule has 0 spiro atoms. The first-order chi connectivity index (χ1) is 11.4. The van der Waals surface area contributed by atoms with Crippen LogP contribution in [-0.4, -0.2) is 28.0 Å². The van der Waals surface area contributed by atoms with Gasteiger partial charge in [-0.1, -0.05) is 12.1 Å². The predicted octanol–water partition coefficient (Wildman–Crippen LogP) is 3.15. The van der Waals surface area contributed by atoms with Gasteiger partial charge in [-0.15, -0.1) is 0 Å². The molecule has 1 N–H and O–H groups in total. The van der Waals surface area contributed by atoms with Gasteiger partial charge in [0, 0.05) is 17.9 Å². The van der Waals surface area contributed by atoms with E-state index in [1.54, 1.807) is 35.8 Å². The number of benzene rings is 1. The lowest BCUT2D eigenvalue weighted by Gasteiger charge is -2.10. The monoisotopic (exact) mass is 327 g/mol. The Kier molecular flexibility index (Phi) is 3.97. The number of hydrogen-bond acceptors (Lipinski definition) is 2. The number of carbonyl (C=O) groups excluding carboxylic acids is 2. The molecule has 0 bridgehead atoms. The summed E-state index contributed by atoms with van der Waals surface area (Å²) >= 11 is 0. The van der Waals surface area contributed by atoms with Gasteiger partial charge in [-0.2, -0.15) is 0 Å². The predicted molar refractivity (Wildman–Crippen MR) is 89.1 cm³/mol. The number of halogens is 1. The summed E-state index contributed by atoms with van der Waals surface area (Å²) in [5.41, 5.74) is 3.08. The molecule has 1 aromatic carbocycles. The topological polar surface area (TPSA) is 54.3 Å². The summed E-state index contributed by atoms with van der Waals surface area (Å²) in [4.78, 5) is 25.1. The zero-order chi connectivity index (χ0) is 17.4. The van der Waals surface area contributed by atoms with Gasteiger partial charge in [0.05, 0.1) is 5.69 Å². The molecule has 1 fully saturated rings. The molecule has 3 rings (SSSR count). The van der Waals surface area contributed by atoms with Crippen molar-refractivity contribution in [1.82, 2.24) is 14.8 Å². The number of rotatable bonds is 3. The van der Waals surface area contributed by atoms with Crippen LogP contribution in [0.15, 0.2) is 36.0 Å². The average Bonchev–Trinajstić information content (AvgIpc) is 2.97. The molecule has 2 aromatic rings. The Morgan fingerprint density at radius 2 is 1.92 bits per heavy atom. The Labute approximate surface area is 139 Å². The van der Waals surface area contributed by atoms with E-state index in [2.05, 4.69) is 5.32 Å². The molecule has 0 saturated carbocycles. The lowest BCUT2D eigenvalue weighted by atomic mass is 10.2. The zero-order valence-electron chi connectivity index (χ0n) is 13.8. The molecule has 1 aromatic heterocycles. The van der Waals surface area contributed by atoms with E-state index in [1.807, 2.05) is 19.9 Å². The largest absolute Gasteiger partial charge is 0.328 e. The van der Waals surface area contributed by atoms with Crippen molar-refractivity contribution in [2.24, 2.45) is 0 Å². The van der Waals surface area contributed by atoms with Crippen molar-refractivity contribution in [3.05, 3.63) is 58.8 Å². The fraction of sp³-hybridized carbons (Fsp3) is 0.222. The van der Waals surface area contributed by atoms with Gasteiger partial charge < -0.3 is 9.88 Å².